The highest BCUT2D eigenvalue weighted by molar-refractivity contribution is 5.74. The number of imidazole rings is 1. The Morgan fingerprint density at radius 3 is 2.47 bits per heavy atom. The van der Waals surface area contributed by atoms with E-state index >= 15 is 0 Å². The summed E-state index contributed by atoms with van der Waals surface area (Å²) in [5.41, 5.74) is 5.16. The molecular weight excluding hydrogens is 400 g/mol. The van der Waals surface area contributed by atoms with Gasteiger partial charge in [0.2, 0.25) is 0 Å². The average molecular weight is 425 g/mol. The first-order valence-corrected chi connectivity index (χ1v) is 10.7. The summed E-state index contributed by atoms with van der Waals surface area (Å²) < 4.78 is 3.50. The minimum Gasteiger partial charge on any atom is -0.303 e. The Balaban J connectivity index is 1.58. The lowest BCUT2D eigenvalue weighted by Crippen LogP contribution is -2.21. The molecule has 5 rings (SSSR count). The van der Waals surface area contributed by atoms with Gasteiger partial charge >= 0.3 is 5.69 Å². The molecule has 0 amide bonds. The van der Waals surface area contributed by atoms with Gasteiger partial charge in [0.1, 0.15) is 5.52 Å². The van der Waals surface area contributed by atoms with Crippen molar-refractivity contribution < 1.29 is 0 Å². The summed E-state index contributed by atoms with van der Waals surface area (Å²) in [6.07, 6.45) is 5.34. The van der Waals surface area contributed by atoms with Gasteiger partial charge in [-0.15, -0.1) is 0 Å². The van der Waals surface area contributed by atoms with Crippen LogP contribution >= 0.6 is 0 Å². The molecule has 1 unspecified atom stereocenters. The molecule has 0 aliphatic heterocycles. The van der Waals surface area contributed by atoms with Crippen molar-refractivity contribution in [2.24, 2.45) is 0 Å². The van der Waals surface area contributed by atoms with Crippen molar-refractivity contribution in [2.75, 3.05) is 0 Å². The number of aromatic nitrogens is 6. The van der Waals surface area contributed by atoms with Gasteiger partial charge in [-0.3, -0.25) is 4.57 Å². The van der Waals surface area contributed by atoms with E-state index < -0.39 is 0 Å². The third kappa shape index (κ3) is 3.41. The second-order valence-electron chi connectivity index (χ2n) is 8.19. The van der Waals surface area contributed by atoms with Gasteiger partial charge in [0.15, 0.2) is 11.5 Å². The number of fused-ring (bicyclic) bond motifs is 1. The molecule has 160 valence electrons. The summed E-state index contributed by atoms with van der Waals surface area (Å²) in [6.45, 7) is 6.30. The Labute approximate surface area is 185 Å². The van der Waals surface area contributed by atoms with Crippen LogP contribution in [-0.4, -0.2) is 29.3 Å². The van der Waals surface area contributed by atoms with Gasteiger partial charge in [0, 0.05) is 18.0 Å². The first-order valence-electron chi connectivity index (χ1n) is 10.7. The largest absolute Gasteiger partial charge is 0.328 e. The van der Waals surface area contributed by atoms with E-state index in [9.17, 15) is 4.79 Å². The number of nitrogens with zero attached hydrogens (tertiary/aromatic N) is 5. The van der Waals surface area contributed by atoms with E-state index in [2.05, 4.69) is 35.0 Å². The maximum atomic E-state index is 12.9. The number of H-pyrrole nitrogens is 1. The van der Waals surface area contributed by atoms with Gasteiger partial charge in [-0.2, -0.15) is 5.10 Å². The summed E-state index contributed by atoms with van der Waals surface area (Å²) in [4.78, 5) is 25.1. The van der Waals surface area contributed by atoms with E-state index in [1.165, 1.54) is 5.56 Å². The van der Waals surface area contributed by atoms with Gasteiger partial charge < -0.3 is 4.98 Å². The molecule has 0 fully saturated rings. The van der Waals surface area contributed by atoms with E-state index in [-0.39, 0.29) is 11.7 Å². The van der Waals surface area contributed by atoms with Crippen LogP contribution in [0.25, 0.3) is 28.2 Å². The zero-order chi connectivity index (χ0) is 22.2. The second kappa shape index (κ2) is 7.92. The summed E-state index contributed by atoms with van der Waals surface area (Å²) in [7, 11) is 0. The quantitative estimate of drug-likeness (QED) is 0.443. The van der Waals surface area contributed by atoms with Crippen LogP contribution in [0.2, 0.25) is 0 Å². The molecule has 2 aromatic carbocycles. The predicted molar refractivity (Wildman–Crippen MR) is 125 cm³/mol. The fourth-order valence-electron chi connectivity index (χ4n) is 4.09. The highest BCUT2D eigenvalue weighted by atomic mass is 16.1. The van der Waals surface area contributed by atoms with Gasteiger partial charge in [-0.05, 0) is 42.2 Å². The zero-order valence-electron chi connectivity index (χ0n) is 18.2. The molecule has 1 atom stereocenters. The summed E-state index contributed by atoms with van der Waals surface area (Å²) in [5.74, 6) is 0.960. The number of hydrogen-bond donors (Lipinski definition) is 1. The second-order valence-corrected chi connectivity index (χ2v) is 8.19. The maximum Gasteiger partial charge on any atom is 0.328 e. The molecule has 0 saturated carbocycles. The molecule has 3 heterocycles. The van der Waals surface area contributed by atoms with Gasteiger partial charge in [0.05, 0.1) is 17.9 Å². The van der Waals surface area contributed by atoms with Crippen molar-refractivity contribution in [1.29, 1.82) is 0 Å². The van der Waals surface area contributed by atoms with Crippen LogP contribution in [0.1, 0.15) is 43.9 Å². The predicted octanol–water partition coefficient (Wildman–Crippen LogP) is 4.71. The molecule has 1 N–H and O–H groups in total. The molecule has 5 aromatic rings. The SMILES string of the molecule is CC(C)c1ccccc1-c1ncc2[nH]c(=O)n(C(C)c3ccc(-n4cccn4)cc3)c2n1. The molecule has 0 radical (unpaired) electrons. The van der Waals surface area contributed by atoms with Crippen LogP contribution in [0.15, 0.2) is 78.0 Å². The number of hydrogen-bond acceptors (Lipinski definition) is 4. The van der Waals surface area contributed by atoms with E-state index in [4.69, 9.17) is 4.98 Å². The van der Waals surface area contributed by atoms with Crippen molar-refractivity contribution in [3.8, 4) is 17.1 Å². The minimum absolute atomic E-state index is 0.202. The van der Waals surface area contributed by atoms with Crippen LogP contribution in [0.5, 0.6) is 0 Å². The molecular formula is C25H24N6O. The van der Waals surface area contributed by atoms with E-state index in [1.54, 1.807) is 21.6 Å². The summed E-state index contributed by atoms with van der Waals surface area (Å²) >= 11 is 0. The Hall–Kier alpha value is -4.00. The maximum absolute atomic E-state index is 12.9. The lowest BCUT2D eigenvalue weighted by molar-refractivity contribution is 0.630. The van der Waals surface area contributed by atoms with E-state index in [1.807, 2.05) is 61.7 Å². The van der Waals surface area contributed by atoms with Gasteiger partial charge in [-0.1, -0.05) is 50.2 Å². The third-order valence-electron chi connectivity index (χ3n) is 5.81. The molecule has 0 aliphatic rings. The zero-order valence-corrected chi connectivity index (χ0v) is 18.2. The molecule has 32 heavy (non-hydrogen) atoms. The topological polar surface area (TPSA) is 81.4 Å². The molecule has 0 aliphatic carbocycles. The van der Waals surface area contributed by atoms with Crippen LogP contribution in [0.4, 0.5) is 0 Å². The van der Waals surface area contributed by atoms with Crippen LogP contribution < -0.4 is 5.69 Å². The lowest BCUT2D eigenvalue weighted by Gasteiger charge is -2.15. The first kappa shape index (κ1) is 19.9. The number of benzene rings is 2. The normalized spacial score (nSPS) is 12.5. The molecule has 0 spiro atoms. The third-order valence-corrected chi connectivity index (χ3v) is 5.81. The van der Waals surface area contributed by atoms with Crippen molar-refractivity contribution in [3.63, 3.8) is 0 Å². The van der Waals surface area contributed by atoms with Gasteiger partial charge in [0.25, 0.3) is 0 Å². The fraction of sp³-hybridized carbons (Fsp3) is 0.200. The molecule has 7 nitrogen and oxygen atoms in total. The highest BCUT2D eigenvalue weighted by Gasteiger charge is 2.18. The number of aromatic amines is 1. The number of rotatable bonds is 5. The lowest BCUT2D eigenvalue weighted by atomic mass is 9.97. The fourth-order valence-corrected chi connectivity index (χ4v) is 4.09. The van der Waals surface area contributed by atoms with Crippen LogP contribution in [-0.2, 0) is 0 Å². The number of nitrogens with one attached hydrogen (secondary N) is 1. The molecule has 3 aromatic heterocycles. The highest BCUT2D eigenvalue weighted by Crippen LogP contribution is 2.28. The Morgan fingerprint density at radius 1 is 0.969 bits per heavy atom. The molecule has 0 saturated heterocycles. The van der Waals surface area contributed by atoms with Crippen LogP contribution in [0.3, 0.4) is 0 Å². The Kier molecular flexibility index (Phi) is 4.93. The Morgan fingerprint density at radius 2 is 1.75 bits per heavy atom. The monoisotopic (exact) mass is 424 g/mol. The van der Waals surface area contributed by atoms with Crippen molar-refractivity contribution in [1.82, 2.24) is 29.3 Å². The van der Waals surface area contributed by atoms with Crippen LogP contribution in [0, 0.1) is 0 Å². The average Bonchev–Trinajstić information content (AvgIpc) is 3.46. The summed E-state index contributed by atoms with van der Waals surface area (Å²) in [6, 6.07) is 17.9. The van der Waals surface area contributed by atoms with Crippen molar-refractivity contribution in [2.45, 2.75) is 32.7 Å². The van der Waals surface area contributed by atoms with Crippen molar-refractivity contribution >= 4 is 11.2 Å². The molecule has 0 bridgehead atoms. The minimum atomic E-state index is -0.203. The Bertz CT molecular complexity index is 1430. The first-order chi connectivity index (χ1) is 15.5. The van der Waals surface area contributed by atoms with Gasteiger partial charge in [-0.25, -0.2) is 19.4 Å². The van der Waals surface area contributed by atoms with E-state index in [0.717, 1.165) is 16.8 Å². The molecule has 7 heteroatoms. The van der Waals surface area contributed by atoms with E-state index in [0.29, 0.717) is 22.9 Å². The van der Waals surface area contributed by atoms with Crippen molar-refractivity contribution in [3.05, 3.63) is 94.8 Å². The standard InChI is InChI=1S/C25H24N6O/c1-16(2)20-7-4-5-8-21(20)23-26-15-22-24(29-23)31(25(32)28-22)17(3)18-9-11-19(12-10-18)30-14-6-13-27-30/h4-17H,1-3H3,(H,28,32). The summed E-state index contributed by atoms with van der Waals surface area (Å²) in [5, 5.41) is 4.26. The smallest absolute Gasteiger partial charge is 0.303 e.